The maximum Gasteiger partial charge on any atom is 0.320 e. The largest absolute Gasteiger partial charge is 0.480 e. The number of aliphatic carboxylic acids is 1. The Hall–Kier alpha value is -0.570. The van der Waals surface area contributed by atoms with Crippen LogP contribution in [-0.2, 0) is 4.79 Å². The van der Waals surface area contributed by atoms with Crippen LogP contribution in [0.2, 0.25) is 0 Å². The van der Waals surface area contributed by atoms with Gasteiger partial charge in [0.15, 0.2) is 0 Å². The van der Waals surface area contributed by atoms with E-state index in [4.69, 9.17) is 0 Å². The van der Waals surface area contributed by atoms with E-state index in [1.165, 1.54) is 12.8 Å². The van der Waals surface area contributed by atoms with Gasteiger partial charge in [0.1, 0.15) is 6.04 Å². The van der Waals surface area contributed by atoms with Crippen LogP contribution in [0.1, 0.15) is 53.9 Å². The minimum Gasteiger partial charge on any atom is -0.480 e. The summed E-state index contributed by atoms with van der Waals surface area (Å²) in [6.45, 7) is 10.8. The molecule has 1 aliphatic rings. The zero-order chi connectivity index (χ0) is 13.2. The van der Waals surface area contributed by atoms with Gasteiger partial charge in [-0.25, -0.2) is 0 Å². The molecule has 2 N–H and O–H groups in total. The molecule has 3 nitrogen and oxygen atoms in total. The van der Waals surface area contributed by atoms with Crippen LogP contribution in [-0.4, -0.2) is 23.2 Å². The van der Waals surface area contributed by atoms with Crippen LogP contribution >= 0.6 is 0 Å². The molecule has 0 spiro atoms. The molecule has 3 heteroatoms. The predicted molar refractivity (Wildman–Crippen MR) is 70.0 cm³/mol. The van der Waals surface area contributed by atoms with E-state index >= 15 is 0 Å². The molecule has 1 fully saturated rings. The molecule has 3 atom stereocenters. The van der Waals surface area contributed by atoms with Gasteiger partial charge in [0.05, 0.1) is 0 Å². The normalized spacial score (nSPS) is 30.2. The van der Waals surface area contributed by atoms with E-state index in [1.807, 2.05) is 13.8 Å². The minimum atomic E-state index is -0.725. The highest BCUT2D eigenvalue weighted by Gasteiger charge is 2.35. The molecule has 0 aliphatic heterocycles. The van der Waals surface area contributed by atoms with Crippen LogP contribution in [0.15, 0.2) is 0 Å². The van der Waals surface area contributed by atoms with Gasteiger partial charge in [-0.2, -0.15) is 0 Å². The first-order valence-electron chi connectivity index (χ1n) is 6.72. The van der Waals surface area contributed by atoms with Gasteiger partial charge in [-0.1, -0.05) is 34.6 Å². The summed E-state index contributed by atoms with van der Waals surface area (Å²) in [6, 6.07) is -0.0600. The van der Waals surface area contributed by atoms with Gasteiger partial charge < -0.3 is 10.4 Å². The number of hydrogen-bond donors (Lipinski definition) is 2. The van der Waals surface area contributed by atoms with Crippen molar-refractivity contribution in [1.29, 1.82) is 0 Å². The molecule has 0 aromatic carbocycles. The van der Waals surface area contributed by atoms with Crippen molar-refractivity contribution >= 4 is 5.97 Å². The number of rotatable bonds is 4. The number of carboxylic acids is 1. The Bertz CT molecular complexity index is 273. The fourth-order valence-corrected chi connectivity index (χ4v) is 2.97. The van der Waals surface area contributed by atoms with Crippen molar-refractivity contribution in [3.8, 4) is 0 Å². The summed E-state index contributed by atoms with van der Waals surface area (Å²) in [7, 11) is 0. The SMILES string of the molecule is CC(C)C(NC1CCC(C)(C)CC1C)C(=O)O. The minimum absolute atomic E-state index is 0.134. The third-order valence-electron chi connectivity index (χ3n) is 4.02. The van der Waals surface area contributed by atoms with Crippen molar-refractivity contribution < 1.29 is 9.90 Å². The summed E-state index contributed by atoms with van der Waals surface area (Å²) >= 11 is 0. The first-order valence-corrected chi connectivity index (χ1v) is 6.72. The first kappa shape index (κ1) is 14.5. The molecule has 0 radical (unpaired) electrons. The Morgan fingerprint density at radius 1 is 1.41 bits per heavy atom. The molecule has 1 saturated carbocycles. The summed E-state index contributed by atoms with van der Waals surface area (Å²) in [5, 5.41) is 12.5. The Morgan fingerprint density at radius 3 is 2.41 bits per heavy atom. The second kappa shape index (κ2) is 5.38. The van der Waals surface area contributed by atoms with Crippen molar-refractivity contribution in [2.24, 2.45) is 17.3 Å². The van der Waals surface area contributed by atoms with Gasteiger partial charge in [0.25, 0.3) is 0 Å². The number of hydrogen-bond acceptors (Lipinski definition) is 2. The van der Waals surface area contributed by atoms with Crippen molar-refractivity contribution in [2.75, 3.05) is 0 Å². The zero-order valence-corrected chi connectivity index (χ0v) is 11.8. The Kier molecular flexibility index (Phi) is 4.59. The topological polar surface area (TPSA) is 49.3 Å². The van der Waals surface area contributed by atoms with E-state index in [0.29, 0.717) is 17.4 Å². The molecule has 100 valence electrons. The Morgan fingerprint density at radius 2 is 2.00 bits per heavy atom. The number of carbonyl (C=O) groups is 1. The van der Waals surface area contributed by atoms with Crippen LogP contribution < -0.4 is 5.32 Å². The van der Waals surface area contributed by atoms with Crippen LogP contribution in [0.4, 0.5) is 0 Å². The van der Waals surface area contributed by atoms with E-state index in [9.17, 15) is 9.90 Å². The van der Waals surface area contributed by atoms with Gasteiger partial charge >= 0.3 is 5.97 Å². The fraction of sp³-hybridized carbons (Fsp3) is 0.929. The predicted octanol–water partition coefficient (Wildman–Crippen LogP) is 2.90. The van der Waals surface area contributed by atoms with E-state index in [0.717, 1.165) is 6.42 Å². The number of nitrogens with one attached hydrogen (secondary N) is 1. The summed E-state index contributed by atoms with van der Waals surface area (Å²) < 4.78 is 0. The highest BCUT2D eigenvalue weighted by Crippen LogP contribution is 2.38. The van der Waals surface area contributed by atoms with Crippen LogP contribution in [0.25, 0.3) is 0 Å². The van der Waals surface area contributed by atoms with Gasteiger partial charge in [-0.15, -0.1) is 0 Å². The second-order valence-corrected chi connectivity index (χ2v) is 6.72. The van der Waals surface area contributed by atoms with Crippen molar-refractivity contribution in [2.45, 2.75) is 66.0 Å². The van der Waals surface area contributed by atoms with Crippen LogP contribution in [0.5, 0.6) is 0 Å². The molecule has 0 saturated heterocycles. The Balaban J connectivity index is 2.60. The standard InChI is InChI=1S/C14H27NO2/c1-9(2)12(13(16)17)15-11-6-7-14(4,5)8-10(11)3/h9-12,15H,6-8H2,1-5H3,(H,16,17). The zero-order valence-electron chi connectivity index (χ0n) is 11.8. The van der Waals surface area contributed by atoms with Gasteiger partial charge in [-0.3, -0.25) is 4.79 Å². The average Bonchev–Trinajstić information content (AvgIpc) is 2.13. The molecule has 0 bridgehead atoms. The van der Waals surface area contributed by atoms with Gasteiger partial charge in [-0.05, 0) is 36.5 Å². The van der Waals surface area contributed by atoms with Gasteiger partial charge in [0.2, 0.25) is 0 Å². The van der Waals surface area contributed by atoms with Crippen molar-refractivity contribution in [1.82, 2.24) is 5.32 Å². The highest BCUT2D eigenvalue weighted by atomic mass is 16.4. The first-order chi connectivity index (χ1) is 7.73. The lowest BCUT2D eigenvalue weighted by Gasteiger charge is -2.41. The molecular formula is C14H27NO2. The third kappa shape index (κ3) is 3.98. The van der Waals surface area contributed by atoms with E-state index in [2.05, 4.69) is 26.1 Å². The maximum atomic E-state index is 11.2. The quantitative estimate of drug-likeness (QED) is 0.795. The van der Waals surface area contributed by atoms with E-state index in [-0.39, 0.29) is 5.92 Å². The van der Waals surface area contributed by atoms with E-state index < -0.39 is 12.0 Å². The molecule has 0 heterocycles. The van der Waals surface area contributed by atoms with Gasteiger partial charge in [0, 0.05) is 6.04 Å². The lowest BCUT2D eigenvalue weighted by atomic mass is 9.70. The summed E-state index contributed by atoms with van der Waals surface area (Å²) in [5.41, 5.74) is 0.411. The fourth-order valence-electron chi connectivity index (χ4n) is 2.97. The van der Waals surface area contributed by atoms with Crippen LogP contribution in [0, 0.1) is 17.3 Å². The summed E-state index contributed by atoms with van der Waals surface area (Å²) in [5.74, 6) is -0.0361. The molecule has 1 rings (SSSR count). The third-order valence-corrected chi connectivity index (χ3v) is 4.02. The smallest absolute Gasteiger partial charge is 0.320 e. The summed E-state index contributed by atoms with van der Waals surface area (Å²) in [6.07, 6.45) is 3.44. The Labute approximate surface area is 105 Å². The van der Waals surface area contributed by atoms with E-state index in [1.54, 1.807) is 0 Å². The molecule has 1 aliphatic carbocycles. The number of carboxylic acid groups (broad SMARTS) is 1. The molecule has 17 heavy (non-hydrogen) atoms. The molecule has 0 aromatic rings. The van der Waals surface area contributed by atoms with Crippen molar-refractivity contribution in [3.05, 3.63) is 0 Å². The molecule has 0 aromatic heterocycles. The average molecular weight is 241 g/mol. The van der Waals surface area contributed by atoms with Crippen molar-refractivity contribution in [3.63, 3.8) is 0 Å². The lowest BCUT2D eigenvalue weighted by Crippen LogP contribution is -2.51. The second-order valence-electron chi connectivity index (χ2n) is 6.72. The maximum absolute atomic E-state index is 11.2. The summed E-state index contributed by atoms with van der Waals surface area (Å²) in [4.78, 5) is 11.2. The molecular weight excluding hydrogens is 214 g/mol. The monoisotopic (exact) mass is 241 g/mol. The molecule has 3 unspecified atom stereocenters. The van der Waals surface area contributed by atoms with Crippen LogP contribution in [0.3, 0.4) is 0 Å². The lowest BCUT2D eigenvalue weighted by molar-refractivity contribution is -0.141. The highest BCUT2D eigenvalue weighted by molar-refractivity contribution is 5.73. The molecule has 0 amide bonds.